The Hall–Kier alpha value is -5.16. The molecule has 7 N–H and O–H groups in total. The van der Waals surface area contributed by atoms with E-state index in [0.29, 0.717) is 26.2 Å². The van der Waals surface area contributed by atoms with Crippen LogP contribution in [-0.2, 0) is 23.8 Å². The van der Waals surface area contributed by atoms with Crippen LogP contribution in [-0.4, -0.2) is 118 Å². The number of methoxy groups -OCH3 is 1. The minimum Gasteiger partial charge on any atom is -0.507 e. The molecule has 16 heteroatoms. The van der Waals surface area contributed by atoms with Gasteiger partial charge in [-0.25, -0.2) is 0 Å². The minimum absolute atomic E-state index is 0.0544. The molecule has 0 spiro atoms. The number of amides is 1. The Balaban J connectivity index is 1.71. The number of aromatic hydroxyl groups is 3. The summed E-state index contributed by atoms with van der Waals surface area (Å²) in [6, 6.07) is 0. The van der Waals surface area contributed by atoms with Crippen molar-refractivity contribution in [2.24, 2.45) is 28.8 Å². The van der Waals surface area contributed by atoms with E-state index in [9.17, 15) is 39.9 Å². The number of esters is 1. The van der Waals surface area contributed by atoms with Crippen LogP contribution in [0.3, 0.4) is 0 Å². The van der Waals surface area contributed by atoms with Crippen LogP contribution >= 0.6 is 0 Å². The predicted molar refractivity (Wildman–Crippen MR) is 216 cm³/mol. The van der Waals surface area contributed by atoms with Crippen LogP contribution in [0.15, 0.2) is 41.2 Å². The van der Waals surface area contributed by atoms with Gasteiger partial charge in [-0.15, -0.1) is 0 Å². The number of ether oxygens (including phenoxy) is 4. The number of nitrogens with zero attached hydrogens (tertiary/aromatic N) is 2. The van der Waals surface area contributed by atoms with Crippen LogP contribution in [0.4, 0.5) is 5.69 Å². The second-order valence-corrected chi connectivity index (χ2v) is 15.6. The summed E-state index contributed by atoms with van der Waals surface area (Å²) in [5, 5.41) is 69.8. The fraction of sp³-hybridized carbons (Fsp3) is 0.524. The lowest BCUT2D eigenvalue weighted by atomic mass is 9.78. The van der Waals surface area contributed by atoms with E-state index in [1.54, 1.807) is 44.9 Å². The molecular weight excluding hydrogens is 752 g/mol. The Morgan fingerprint density at radius 2 is 1.64 bits per heavy atom. The first kappa shape index (κ1) is 44.0. The molecular formula is C42H56N4O12. The minimum atomic E-state index is -2.04. The second kappa shape index (κ2) is 17.8. The lowest BCUT2D eigenvalue weighted by molar-refractivity contribution is -0.160. The highest BCUT2D eigenvalue weighted by atomic mass is 16.7. The number of ketones is 1. The zero-order chi connectivity index (χ0) is 42.8. The van der Waals surface area contributed by atoms with E-state index < -0.39 is 88.8 Å². The maximum atomic E-state index is 14.4. The zero-order valence-electron chi connectivity index (χ0n) is 34.4. The van der Waals surface area contributed by atoms with E-state index in [-0.39, 0.29) is 44.5 Å². The molecule has 9 atom stereocenters. The predicted octanol–water partition coefficient (Wildman–Crippen LogP) is 3.99. The molecule has 0 radical (unpaired) electrons. The number of anilines is 1. The van der Waals surface area contributed by atoms with Crippen molar-refractivity contribution in [1.29, 1.82) is 0 Å². The Labute approximate surface area is 337 Å². The van der Waals surface area contributed by atoms with Crippen molar-refractivity contribution in [2.45, 2.75) is 85.6 Å². The Bertz CT molecular complexity index is 2040. The SMILES string of the molecule is CO[C@H]1/C=C/O[C@@]2(C)Oc3c(C)c(O)c4c(O)c(c(/C=N/N5CCNCC5)c(O)c4c3C2=O)NC(=O)/C(C)=C\C=C\[C@@H](C)[C@@H](O)[C@@H](C)[C@H](O)[C@@H](C)[C@H](OC(C)=O)[C@@H]1C. The monoisotopic (exact) mass is 808 g/mol. The average molecular weight is 809 g/mol. The van der Waals surface area contributed by atoms with Crippen molar-refractivity contribution in [3.8, 4) is 23.0 Å². The maximum Gasteiger partial charge on any atom is 0.312 e. The van der Waals surface area contributed by atoms with Gasteiger partial charge in [0.25, 0.3) is 11.7 Å². The number of nitrogens with one attached hydrogen (secondary N) is 2. The number of aliphatic hydroxyl groups excluding tert-OH is 2. The van der Waals surface area contributed by atoms with Gasteiger partial charge in [-0.2, -0.15) is 5.10 Å². The molecule has 58 heavy (non-hydrogen) atoms. The highest BCUT2D eigenvalue weighted by Gasteiger charge is 2.50. The molecule has 1 fully saturated rings. The number of rotatable bonds is 4. The first-order valence-electron chi connectivity index (χ1n) is 19.4. The van der Waals surface area contributed by atoms with Gasteiger partial charge in [-0.3, -0.25) is 19.4 Å². The van der Waals surface area contributed by atoms with Gasteiger partial charge >= 0.3 is 11.8 Å². The number of carbonyl (C=O) groups excluding carboxylic acids is 3. The van der Waals surface area contributed by atoms with Crippen molar-refractivity contribution in [2.75, 3.05) is 38.6 Å². The molecule has 0 aromatic heterocycles. The molecule has 1 saturated heterocycles. The van der Waals surface area contributed by atoms with Crippen molar-refractivity contribution < 1.29 is 58.9 Å². The Morgan fingerprint density at radius 3 is 2.28 bits per heavy atom. The van der Waals surface area contributed by atoms with Gasteiger partial charge in [0.15, 0.2) is 5.75 Å². The topological polar surface area (TPSA) is 229 Å². The molecule has 0 saturated carbocycles. The number of hydrogen-bond donors (Lipinski definition) is 7. The first-order chi connectivity index (χ1) is 27.3. The zero-order valence-corrected chi connectivity index (χ0v) is 34.4. The van der Waals surface area contributed by atoms with E-state index in [1.807, 2.05) is 0 Å². The number of Topliss-reactive ketones (excluding diaryl/α,β-unsaturated/α-hetero) is 1. The van der Waals surface area contributed by atoms with Gasteiger partial charge in [0.1, 0.15) is 23.4 Å². The number of phenols is 3. The van der Waals surface area contributed by atoms with Crippen LogP contribution in [0.2, 0.25) is 0 Å². The molecule has 2 aromatic carbocycles. The third-order valence-corrected chi connectivity index (χ3v) is 11.5. The standard InChI is InChI=1S/C42H56N4O12/c1-20-11-10-12-21(2)41(54)45-32-27(19-44-46-16-14-43-15-17-46)36(51)29-30(37(32)52)35(50)25(6)39-31(29)40(53)42(8,58-39)56-18-13-28(55-9)22(3)38(57-26(7)47)24(5)34(49)23(4)33(20)48/h10-13,18-20,22-24,28,33-34,38,43,48-52H,14-17H2,1-9H3,(H,45,54)/b11-10+,18-13+,21-12-,44-19+/t20-,22-,23-,24-,28+,33-,34+,38-,42+/m1/s1. The molecule has 2 aromatic rings. The number of hydrazone groups is 1. The third kappa shape index (κ3) is 8.51. The quantitative estimate of drug-likeness (QED) is 0.100. The second-order valence-electron chi connectivity index (χ2n) is 15.6. The van der Waals surface area contributed by atoms with Crippen LogP contribution in [0.1, 0.15) is 70.0 Å². The number of aliphatic hydroxyl groups is 2. The van der Waals surface area contributed by atoms with Gasteiger partial charge < -0.3 is 55.1 Å². The third-order valence-electron chi connectivity index (χ3n) is 11.5. The number of carbonyl (C=O) groups is 3. The molecule has 316 valence electrons. The fourth-order valence-electron chi connectivity index (χ4n) is 7.78. The van der Waals surface area contributed by atoms with Crippen LogP contribution in [0.25, 0.3) is 10.8 Å². The molecule has 0 aliphatic carbocycles. The summed E-state index contributed by atoms with van der Waals surface area (Å²) < 4.78 is 23.6. The largest absolute Gasteiger partial charge is 0.507 e. The summed E-state index contributed by atoms with van der Waals surface area (Å²) in [6.45, 7) is 14.9. The van der Waals surface area contributed by atoms with E-state index in [4.69, 9.17) is 18.9 Å². The molecule has 6 rings (SSSR count). The maximum absolute atomic E-state index is 14.4. The van der Waals surface area contributed by atoms with E-state index in [0.717, 1.165) is 0 Å². The first-order valence-corrected chi connectivity index (χ1v) is 19.4. The van der Waals surface area contributed by atoms with Crippen LogP contribution < -0.4 is 15.4 Å². The molecule has 4 heterocycles. The van der Waals surface area contributed by atoms with Crippen LogP contribution in [0, 0.1) is 30.6 Å². The normalized spacial score (nSPS) is 32.1. The molecule has 16 nitrogen and oxygen atoms in total. The number of hydrogen-bond acceptors (Lipinski definition) is 15. The molecule has 5 bridgehead atoms. The van der Waals surface area contributed by atoms with Gasteiger partial charge in [0.05, 0.1) is 53.0 Å². The summed E-state index contributed by atoms with van der Waals surface area (Å²) in [5.41, 5.74) is -0.364. The van der Waals surface area contributed by atoms with E-state index in [1.165, 1.54) is 59.4 Å². The summed E-state index contributed by atoms with van der Waals surface area (Å²) in [6.07, 6.45) is 4.83. The van der Waals surface area contributed by atoms with Crippen LogP contribution in [0.5, 0.6) is 23.0 Å². The Morgan fingerprint density at radius 1 is 0.966 bits per heavy atom. The number of allylic oxidation sites excluding steroid dienone is 2. The Kier molecular flexibility index (Phi) is 13.5. The van der Waals surface area contributed by atoms with E-state index in [2.05, 4.69) is 15.7 Å². The lowest BCUT2D eigenvalue weighted by Gasteiger charge is -2.38. The summed E-state index contributed by atoms with van der Waals surface area (Å²) in [7, 11) is 1.44. The molecule has 4 aliphatic heterocycles. The molecule has 4 aliphatic rings. The van der Waals surface area contributed by atoms with Crippen molar-refractivity contribution in [3.05, 3.63) is 52.8 Å². The highest BCUT2D eigenvalue weighted by molar-refractivity contribution is 6.23. The smallest absolute Gasteiger partial charge is 0.312 e. The van der Waals surface area contributed by atoms with Crippen molar-refractivity contribution >= 4 is 40.3 Å². The lowest BCUT2D eigenvalue weighted by Crippen LogP contribution is -2.46. The van der Waals surface area contributed by atoms with Gasteiger partial charge in [0, 0.05) is 87.3 Å². The summed E-state index contributed by atoms with van der Waals surface area (Å²) >= 11 is 0. The molecule has 1 amide bonds. The number of phenolic OH excluding ortho intramolecular Hbond substituents is 3. The average Bonchev–Trinajstić information content (AvgIpc) is 3.46. The van der Waals surface area contributed by atoms with E-state index >= 15 is 0 Å². The highest BCUT2D eigenvalue weighted by Crippen LogP contribution is 2.55. The van der Waals surface area contributed by atoms with Gasteiger partial charge in [-0.05, 0) is 19.9 Å². The number of piperazine rings is 1. The molecule has 0 unspecified atom stereocenters. The number of fused-ring (bicyclic) bond motifs is 14. The van der Waals surface area contributed by atoms with Crippen molar-refractivity contribution in [1.82, 2.24) is 10.3 Å². The van der Waals surface area contributed by atoms with Crippen molar-refractivity contribution in [3.63, 3.8) is 0 Å². The fourth-order valence-corrected chi connectivity index (χ4v) is 7.78. The number of benzene rings is 2. The summed E-state index contributed by atoms with van der Waals surface area (Å²) in [5.74, 6) is -8.36. The van der Waals surface area contributed by atoms with Gasteiger partial charge in [0.2, 0.25) is 0 Å². The summed E-state index contributed by atoms with van der Waals surface area (Å²) in [4.78, 5) is 40.4. The van der Waals surface area contributed by atoms with Gasteiger partial charge in [-0.1, -0.05) is 45.9 Å².